The summed E-state index contributed by atoms with van der Waals surface area (Å²) in [5, 5.41) is 11.4. The van der Waals surface area contributed by atoms with E-state index in [-0.39, 0.29) is 5.69 Å². The third kappa shape index (κ3) is 2.55. The number of aromatic nitrogens is 1. The number of hydrogen-bond donors (Lipinski definition) is 1. The minimum Gasteiger partial charge on any atom is -0.320 e. The highest BCUT2D eigenvalue weighted by atomic mass is 32.1. The zero-order chi connectivity index (χ0) is 13.3. The molecule has 0 radical (unpaired) electrons. The van der Waals surface area contributed by atoms with E-state index in [2.05, 4.69) is 4.98 Å². The van der Waals surface area contributed by atoms with Crippen molar-refractivity contribution in [2.45, 2.75) is 19.4 Å². The second-order valence-electron chi connectivity index (χ2n) is 4.56. The maximum atomic E-state index is 10.6. The zero-order valence-electron chi connectivity index (χ0n) is 10.1. The summed E-state index contributed by atoms with van der Waals surface area (Å²) < 4.78 is 0. The predicted molar refractivity (Wildman–Crippen MR) is 71.4 cm³/mol. The topological polar surface area (TPSA) is 82.0 Å². The first kappa shape index (κ1) is 12.7. The summed E-state index contributed by atoms with van der Waals surface area (Å²) in [6.45, 7) is 3.79. The summed E-state index contributed by atoms with van der Waals surface area (Å²) in [5.74, 6) is 0. The molecule has 0 aliphatic carbocycles. The summed E-state index contributed by atoms with van der Waals surface area (Å²) in [7, 11) is 0. The molecule has 0 bridgehead atoms. The Morgan fingerprint density at radius 3 is 2.39 bits per heavy atom. The molecule has 5 nitrogen and oxygen atoms in total. The molecule has 0 fully saturated rings. The van der Waals surface area contributed by atoms with Crippen LogP contribution in [-0.2, 0) is 5.54 Å². The van der Waals surface area contributed by atoms with Crippen molar-refractivity contribution in [3.8, 4) is 10.4 Å². The molecule has 1 aromatic heterocycles. The first-order valence-corrected chi connectivity index (χ1v) is 6.19. The van der Waals surface area contributed by atoms with Gasteiger partial charge >= 0.3 is 0 Å². The van der Waals surface area contributed by atoms with Crippen molar-refractivity contribution in [2.75, 3.05) is 0 Å². The Labute approximate surface area is 108 Å². The summed E-state index contributed by atoms with van der Waals surface area (Å²) in [5.41, 5.74) is 6.50. The van der Waals surface area contributed by atoms with Crippen molar-refractivity contribution >= 4 is 17.0 Å². The van der Waals surface area contributed by atoms with Gasteiger partial charge in [0.1, 0.15) is 5.01 Å². The molecular formula is C12H13N3O2S. The van der Waals surface area contributed by atoms with Crippen LogP contribution >= 0.6 is 11.3 Å². The van der Waals surface area contributed by atoms with E-state index >= 15 is 0 Å². The van der Waals surface area contributed by atoms with Crippen LogP contribution in [-0.4, -0.2) is 9.91 Å². The van der Waals surface area contributed by atoms with E-state index in [0.29, 0.717) is 0 Å². The minimum atomic E-state index is -0.469. The van der Waals surface area contributed by atoms with Crippen LogP contribution in [0.15, 0.2) is 30.5 Å². The Morgan fingerprint density at radius 2 is 1.94 bits per heavy atom. The lowest BCUT2D eigenvalue weighted by molar-refractivity contribution is -0.384. The molecule has 0 amide bonds. The summed E-state index contributed by atoms with van der Waals surface area (Å²) in [4.78, 5) is 15.4. The monoisotopic (exact) mass is 263 g/mol. The number of nitro groups is 1. The Kier molecular flexibility index (Phi) is 3.14. The largest absolute Gasteiger partial charge is 0.320 e. The second kappa shape index (κ2) is 4.47. The van der Waals surface area contributed by atoms with E-state index in [9.17, 15) is 10.1 Å². The molecule has 2 N–H and O–H groups in total. The predicted octanol–water partition coefficient (Wildman–Crippen LogP) is 2.91. The molecule has 18 heavy (non-hydrogen) atoms. The van der Waals surface area contributed by atoms with Crippen molar-refractivity contribution < 1.29 is 4.92 Å². The molecule has 1 aromatic carbocycles. The van der Waals surface area contributed by atoms with Crippen LogP contribution in [0.1, 0.15) is 18.9 Å². The smallest absolute Gasteiger partial charge is 0.269 e. The molecule has 0 saturated carbocycles. The highest BCUT2D eigenvalue weighted by Gasteiger charge is 2.19. The van der Waals surface area contributed by atoms with Gasteiger partial charge < -0.3 is 5.73 Å². The van der Waals surface area contributed by atoms with E-state index in [1.165, 1.54) is 23.5 Å². The van der Waals surface area contributed by atoms with Gasteiger partial charge in [-0.2, -0.15) is 0 Å². The van der Waals surface area contributed by atoms with Crippen molar-refractivity contribution in [1.82, 2.24) is 4.98 Å². The van der Waals surface area contributed by atoms with E-state index in [1.807, 2.05) is 13.8 Å². The quantitative estimate of drug-likeness (QED) is 0.681. The molecule has 2 aromatic rings. The summed E-state index contributed by atoms with van der Waals surface area (Å²) >= 11 is 1.50. The Hall–Kier alpha value is -1.79. The number of non-ortho nitro benzene ring substituents is 1. The van der Waals surface area contributed by atoms with Gasteiger partial charge in [0.05, 0.1) is 15.3 Å². The van der Waals surface area contributed by atoms with Gasteiger partial charge in [0.2, 0.25) is 0 Å². The number of thiazole rings is 1. The van der Waals surface area contributed by atoms with Gasteiger partial charge in [-0.1, -0.05) is 0 Å². The van der Waals surface area contributed by atoms with Crippen molar-refractivity contribution in [1.29, 1.82) is 0 Å². The molecule has 0 aliphatic heterocycles. The van der Waals surface area contributed by atoms with Crippen molar-refractivity contribution in [2.24, 2.45) is 5.73 Å². The Bertz CT molecular complexity index is 570. The van der Waals surface area contributed by atoms with Crippen LogP contribution in [0.3, 0.4) is 0 Å². The zero-order valence-corrected chi connectivity index (χ0v) is 10.9. The standard InChI is InChI=1S/C12H13N3O2S/c1-12(2,13)11-14-7-10(18-11)8-3-5-9(6-4-8)15(16)17/h3-7H,13H2,1-2H3. The number of nitro benzene ring substituents is 1. The third-order valence-corrected chi connectivity index (χ3v) is 3.81. The SMILES string of the molecule is CC(C)(N)c1ncc(-c2ccc([N+](=O)[O-])cc2)s1. The van der Waals surface area contributed by atoms with Gasteiger partial charge in [-0.05, 0) is 31.5 Å². The molecule has 1 heterocycles. The van der Waals surface area contributed by atoms with E-state index in [0.717, 1.165) is 15.4 Å². The molecule has 0 unspecified atom stereocenters. The summed E-state index contributed by atoms with van der Waals surface area (Å²) in [6, 6.07) is 6.42. The molecule has 94 valence electrons. The third-order valence-electron chi connectivity index (χ3n) is 2.42. The number of nitrogens with zero attached hydrogens (tertiary/aromatic N) is 2. The van der Waals surface area contributed by atoms with Crippen LogP contribution < -0.4 is 5.73 Å². The van der Waals surface area contributed by atoms with Gasteiger partial charge in [-0.15, -0.1) is 11.3 Å². The maximum Gasteiger partial charge on any atom is 0.269 e. The fourth-order valence-electron chi connectivity index (χ4n) is 1.45. The van der Waals surface area contributed by atoms with E-state index in [1.54, 1.807) is 18.3 Å². The lowest BCUT2D eigenvalue weighted by atomic mass is 10.1. The number of rotatable bonds is 3. The molecule has 0 spiro atoms. The van der Waals surface area contributed by atoms with Crippen LogP contribution in [0.2, 0.25) is 0 Å². The lowest BCUT2D eigenvalue weighted by Gasteiger charge is -2.13. The van der Waals surface area contributed by atoms with Gasteiger partial charge in [0.15, 0.2) is 0 Å². The Balaban J connectivity index is 2.32. The highest BCUT2D eigenvalue weighted by Crippen LogP contribution is 2.31. The average Bonchev–Trinajstić information content (AvgIpc) is 2.78. The van der Waals surface area contributed by atoms with E-state index < -0.39 is 10.5 Å². The molecule has 0 atom stereocenters. The first-order valence-electron chi connectivity index (χ1n) is 5.38. The normalized spacial score (nSPS) is 11.5. The van der Waals surface area contributed by atoms with Crippen molar-refractivity contribution in [3.05, 3.63) is 45.6 Å². The van der Waals surface area contributed by atoms with Gasteiger partial charge in [0, 0.05) is 18.3 Å². The molecule has 6 heteroatoms. The molecule has 0 aliphatic rings. The number of hydrogen-bond acceptors (Lipinski definition) is 5. The second-order valence-corrected chi connectivity index (χ2v) is 5.59. The molecule has 0 saturated heterocycles. The fraction of sp³-hybridized carbons (Fsp3) is 0.250. The fourth-order valence-corrected chi connectivity index (χ4v) is 2.39. The minimum absolute atomic E-state index is 0.0858. The highest BCUT2D eigenvalue weighted by molar-refractivity contribution is 7.15. The van der Waals surface area contributed by atoms with Crippen LogP contribution in [0.4, 0.5) is 5.69 Å². The maximum absolute atomic E-state index is 10.6. The van der Waals surface area contributed by atoms with Crippen molar-refractivity contribution in [3.63, 3.8) is 0 Å². The summed E-state index contributed by atoms with van der Waals surface area (Å²) in [6.07, 6.45) is 1.75. The Morgan fingerprint density at radius 1 is 1.33 bits per heavy atom. The number of nitrogens with two attached hydrogens (primary N) is 1. The van der Waals surface area contributed by atoms with Gasteiger partial charge in [0.25, 0.3) is 5.69 Å². The van der Waals surface area contributed by atoms with E-state index in [4.69, 9.17) is 5.73 Å². The van der Waals surface area contributed by atoms with Crippen LogP contribution in [0.5, 0.6) is 0 Å². The first-order chi connectivity index (χ1) is 8.38. The van der Waals surface area contributed by atoms with Crippen LogP contribution in [0, 0.1) is 10.1 Å². The molecular weight excluding hydrogens is 250 g/mol. The lowest BCUT2D eigenvalue weighted by Crippen LogP contribution is -2.28. The number of benzene rings is 1. The van der Waals surface area contributed by atoms with Gasteiger partial charge in [-0.25, -0.2) is 4.98 Å². The van der Waals surface area contributed by atoms with Crippen LogP contribution in [0.25, 0.3) is 10.4 Å². The van der Waals surface area contributed by atoms with Gasteiger partial charge in [-0.3, -0.25) is 10.1 Å². The molecule has 2 rings (SSSR count). The average molecular weight is 263 g/mol.